The third-order valence-electron chi connectivity index (χ3n) is 4.14. The van der Waals surface area contributed by atoms with E-state index in [0.29, 0.717) is 11.8 Å². The Morgan fingerprint density at radius 1 is 1.19 bits per heavy atom. The maximum absolute atomic E-state index is 5.73. The van der Waals surface area contributed by atoms with Crippen LogP contribution in [0, 0.1) is 5.92 Å². The zero-order chi connectivity index (χ0) is 11.0. The quantitative estimate of drug-likeness (QED) is 0.821. The predicted molar refractivity (Wildman–Crippen MR) is 62.1 cm³/mol. The minimum absolute atomic E-state index is 0.619. The first-order valence-electron chi connectivity index (χ1n) is 6.50. The molecule has 1 atom stereocenters. The molecule has 0 radical (unpaired) electrons. The molecule has 0 aromatic carbocycles. The summed E-state index contributed by atoms with van der Waals surface area (Å²) in [5, 5.41) is 8.78. The molecule has 0 bridgehead atoms. The summed E-state index contributed by atoms with van der Waals surface area (Å²) < 4.78 is 2.36. The number of fused-ring (bicyclic) bond motifs is 1. The van der Waals surface area contributed by atoms with E-state index in [-0.39, 0.29) is 0 Å². The summed E-state index contributed by atoms with van der Waals surface area (Å²) >= 11 is 0. The first kappa shape index (κ1) is 10.3. The predicted octanol–water partition coefficient (Wildman–Crippen LogP) is 1.46. The van der Waals surface area contributed by atoms with Crippen molar-refractivity contribution in [3.63, 3.8) is 0 Å². The summed E-state index contributed by atoms with van der Waals surface area (Å²) in [5.74, 6) is 3.72. The second-order valence-electron chi connectivity index (χ2n) is 5.20. The van der Waals surface area contributed by atoms with Crippen molar-refractivity contribution in [3.8, 4) is 0 Å². The van der Waals surface area contributed by atoms with Crippen molar-refractivity contribution in [1.29, 1.82) is 0 Å². The van der Waals surface area contributed by atoms with Crippen LogP contribution in [-0.2, 0) is 13.0 Å². The van der Waals surface area contributed by atoms with E-state index >= 15 is 0 Å². The number of hydrogen-bond donors (Lipinski definition) is 1. The molecule has 4 heteroatoms. The maximum Gasteiger partial charge on any atom is 0.136 e. The molecule has 0 saturated heterocycles. The average molecular weight is 220 g/mol. The third-order valence-corrected chi connectivity index (χ3v) is 4.14. The van der Waals surface area contributed by atoms with E-state index in [9.17, 15) is 0 Å². The van der Waals surface area contributed by atoms with E-state index in [2.05, 4.69) is 14.8 Å². The van der Waals surface area contributed by atoms with Gasteiger partial charge in [-0.2, -0.15) is 0 Å². The van der Waals surface area contributed by atoms with Gasteiger partial charge in [0.1, 0.15) is 11.6 Å². The van der Waals surface area contributed by atoms with Gasteiger partial charge < -0.3 is 10.3 Å². The highest BCUT2D eigenvalue weighted by Gasteiger charge is 2.27. The number of hydrogen-bond acceptors (Lipinski definition) is 3. The van der Waals surface area contributed by atoms with Crippen LogP contribution in [0.1, 0.15) is 49.7 Å². The van der Waals surface area contributed by atoms with Crippen LogP contribution in [0.15, 0.2) is 0 Å². The Hall–Kier alpha value is -0.900. The lowest BCUT2D eigenvalue weighted by Gasteiger charge is -2.23. The van der Waals surface area contributed by atoms with Crippen LogP contribution in [0.3, 0.4) is 0 Å². The highest BCUT2D eigenvalue weighted by atomic mass is 15.3. The summed E-state index contributed by atoms with van der Waals surface area (Å²) in [6.45, 7) is 1.86. The monoisotopic (exact) mass is 220 g/mol. The summed E-state index contributed by atoms with van der Waals surface area (Å²) in [4.78, 5) is 0. The van der Waals surface area contributed by atoms with Gasteiger partial charge in [0.25, 0.3) is 0 Å². The van der Waals surface area contributed by atoms with Crippen molar-refractivity contribution in [3.05, 3.63) is 11.6 Å². The summed E-state index contributed by atoms with van der Waals surface area (Å²) in [6.07, 6.45) is 7.55. The fourth-order valence-electron chi connectivity index (χ4n) is 3.10. The number of aromatic nitrogens is 3. The van der Waals surface area contributed by atoms with E-state index in [1.54, 1.807) is 0 Å². The van der Waals surface area contributed by atoms with E-state index in [1.165, 1.54) is 43.8 Å². The number of nitrogens with zero attached hydrogens (tertiary/aromatic N) is 3. The van der Waals surface area contributed by atoms with Gasteiger partial charge in [-0.15, -0.1) is 10.2 Å². The Kier molecular flexibility index (Phi) is 2.67. The van der Waals surface area contributed by atoms with Gasteiger partial charge in [0.05, 0.1) is 0 Å². The fourth-order valence-corrected chi connectivity index (χ4v) is 3.10. The minimum Gasteiger partial charge on any atom is -0.330 e. The molecule has 4 nitrogen and oxygen atoms in total. The molecule has 2 N–H and O–H groups in total. The average Bonchev–Trinajstić information content (AvgIpc) is 2.96. The Labute approximate surface area is 96.2 Å². The largest absolute Gasteiger partial charge is 0.330 e. The molecular formula is C12H20N4. The SMILES string of the molecule is NCC1CCn2c(nnc2C2CCCC2)C1. The molecule has 1 saturated carbocycles. The maximum atomic E-state index is 5.73. The molecule has 1 aromatic rings. The topological polar surface area (TPSA) is 56.7 Å². The minimum atomic E-state index is 0.619. The van der Waals surface area contributed by atoms with Crippen molar-refractivity contribution in [2.24, 2.45) is 11.7 Å². The molecule has 1 aliphatic carbocycles. The molecule has 0 amide bonds. The van der Waals surface area contributed by atoms with E-state index in [0.717, 1.165) is 19.5 Å². The zero-order valence-corrected chi connectivity index (χ0v) is 9.73. The highest BCUT2D eigenvalue weighted by molar-refractivity contribution is 5.06. The second kappa shape index (κ2) is 4.17. The Bertz CT molecular complexity index is 365. The molecule has 1 fully saturated rings. The lowest BCUT2D eigenvalue weighted by molar-refractivity contribution is 0.379. The standard InChI is InChI=1S/C12H20N4/c13-8-9-5-6-16-11(7-9)14-15-12(16)10-3-1-2-4-10/h9-10H,1-8,13H2. The smallest absolute Gasteiger partial charge is 0.136 e. The normalized spacial score (nSPS) is 25.9. The number of nitrogens with two attached hydrogens (primary N) is 1. The molecule has 1 aromatic heterocycles. The van der Waals surface area contributed by atoms with Crippen LogP contribution in [0.4, 0.5) is 0 Å². The first-order valence-corrected chi connectivity index (χ1v) is 6.50. The van der Waals surface area contributed by atoms with Crippen LogP contribution in [0.5, 0.6) is 0 Å². The van der Waals surface area contributed by atoms with Crippen LogP contribution in [0.25, 0.3) is 0 Å². The van der Waals surface area contributed by atoms with E-state index in [1.807, 2.05) is 0 Å². The van der Waals surface area contributed by atoms with Crippen LogP contribution in [-0.4, -0.2) is 21.3 Å². The molecule has 2 heterocycles. The molecule has 0 spiro atoms. The van der Waals surface area contributed by atoms with Crippen molar-refractivity contribution in [2.75, 3.05) is 6.54 Å². The van der Waals surface area contributed by atoms with Gasteiger partial charge in [0.2, 0.25) is 0 Å². The molecule has 88 valence electrons. The van der Waals surface area contributed by atoms with Gasteiger partial charge in [-0.3, -0.25) is 0 Å². The molecular weight excluding hydrogens is 200 g/mol. The lowest BCUT2D eigenvalue weighted by atomic mass is 9.97. The molecule has 1 aliphatic heterocycles. The van der Waals surface area contributed by atoms with E-state index < -0.39 is 0 Å². The highest BCUT2D eigenvalue weighted by Crippen LogP contribution is 2.34. The summed E-state index contributed by atoms with van der Waals surface area (Å²) in [7, 11) is 0. The van der Waals surface area contributed by atoms with Gasteiger partial charge in [0, 0.05) is 18.9 Å². The Morgan fingerprint density at radius 3 is 2.75 bits per heavy atom. The van der Waals surface area contributed by atoms with Crippen molar-refractivity contribution < 1.29 is 0 Å². The Morgan fingerprint density at radius 2 is 2.00 bits per heavy atom. The van der Waals surface area contributed by atoms with Gasteiger partial charge >= 0.3 is 0 Å². The Balaban J connectivity index is 1.84. The van der Waals surface area contributed by atoms with Gasteiger partial charge in [-0.1, -0.05) is 12.8 Å². The third kappa shape index (κ3) is 1.65. The molecule has 2 aliphatic rings. The van der Waals surface area contributed by atoms with Gasteiger partial charge in [0.15, 0.2) is 0 Å². The van der Waals surface area contributed by atoms with Crippen molar-refractivity contribution >= 4 is 0 Å². The van der Waals surface area contributed by atoms with Crippen LogP contribution >= 0.6 is 0 Å². The lowest BCUT2D eigenvalue weighted by Crippen LogP contribution is -2.26. The van der Waals surface area contributed by atoms with Gasteiger partial charge in [-0.05, 0) is 31.7 Å². The van der Waals surface area contributed by atoms with Crippen LogP contribution in [0.2, 0.25) is 0 Å². The fraction of sp³-hybridized carbons (Fsp3) is 0.833. The van der Waals surface area contributed by atoms with E-state index in [4.69, 9.17) is 5.73 Å². The summed E-state index contributed by atoms with van der Waals surface area (Å²) in [6, 6.07) is 0. The number of rotatable bonds is 2. The van der Waals surface area contributed by atoms with Crippen molar-refractivity contribution in [1.82, 2.24) is 14.8 Å². The van der Waals surface area contributed by atoms with Gasteiger partial charge in [-0.25, -0.2) is 0 Å². The zero-order valence-electron chi connectivity index (χ0n) is 9.73. The molecule has 3 rings (SSSR count). The van der Waals surface area contributed by atoms with Crippen molar-refractivity contribution in [2.45, 2.75) is 51.0 Å². The summed E-state index contributed by atoms with van der Waals surface area (Å²) in [5.41, 5.74) is 5.73. The van der Waals surface area contributed by atoms with Crippen LogP contribution < -0.4 is 5.73 Å². The second-order valence-corrected chi connectivity index (χ2v) is 5.20. The molecule has 1 unspecified atom stereocenters. The molecule has 16 heavy (non-hydrogen) atoms. The first-order chi connectivity index (χ1) is 7.88.